The number of aliphatic hydroxyl groups is 1. The van der Waals surface area contributed by atoms with Crippen LogP contribution in [0.3, 0.4) is 0 Å². The summed E-state index contributed by atoms with van der Waals surface area (Å²) < 4.78 is 14.6. The van der Waals surface area contributed by atoms with Gasteiger partial charge < -0.3 is 39.6 Å². The van der Waals surface area contributed by atoms with Crippen LogP contribution in [0.15, 0.2) is 103 Å². The lowest BCUT2D eigenvalue weighted by atomic mass is 9.82. The van der Waals surface area contributed by atoms with Crippen molar-refractivity contribution in [3.63, 3.8) is 0 Å². The second-order valence-electron chi connectivity index (χ2n) is 16.8. The molecule has 2 fully saturated rings. The van der Waals surface area contributed by atoms with Gasteiger partial charge >= 0.3 is 6.09 Å². The molecule has 0 aliphatic carbocycles. The zero-order valence-corrected chi connectivity index (χ0v) is 37.8. The molecule has 14 nitrogen and oxygen atoms in total. The van der Waals surface area contributed by atoms with Crippen LogP contribution in [0.5, 0.6) is 11.5 Å². The van der Waals surface area contributed by atoms with Crippen molar-refractivity contribution in [2.45, 2.75) is 69.4 Å². The van der Waals surface area contributed by atoms with Crippen LogP contribution >= 0.6 is 23.2 Å². The number of piperidine rings is 1. The summed E-state index contributed by atoms with van der Waals surface area (Å²) in [6, 6.07) is 26.2. The molecule has 2 bridgehead atoms. The number of amides is 4. The van der Waals surface area contributed by atoms with Gasteiger partial charge in [0.2, 0.25) is 11.8 Å². The van der Waals surface area contributed by atoms with Gasteiger partial charge in [0, 0.05) is 47.7 Å². The molecule has 1 aromatic heterocycles. The van der Waals surface area contributed by atoms with E-state index in [9.17, 15) is 24.3 Å². The van der Waals surface area contributed by atoms with Crippen LogP contribution < -0.4 is 15.4 Å². The fourth-order valence-electron chi connectivity index (χ4n) is 8.24. The molecule has 5 aromatic rings. The summed E-state index contributed by atoms with van der Waals surface area (Å²) in [5.74, 6) is -0.0986. The van der Waals surface area contributed by atoms with E-state index in [1.807, 2.05) is 104 Å². The third-order valence-corrected chi connectivity index (χ3v) is 12.2. The van der Waals surface area contributed by atoms with E-state index in [0.717, 1.165) is 28.2 Å². The highest BCUT2D eigenvalue weighted by atomic mass is 35.5. The second kappa shape index (κ2) is 20.3. The number of aliphatic hydroxyl groups excluding tert-OH is 1. The minimum atomic E-state index is -1.38. The first-order valence-corrected chi connectivity index (χ1v) is 22.0. The van der Waals surface area contributed by atoms with Gasteiger partial charge in [-0.2, -0.15) is 0 Å². The van der Waals surface area contributed by atoms with Crippen LogP contribution in [-0.2, 0) is 52.1 Å². The summed E-state index contributed by atoms with van der Waals surface area (Å²) >= 11 is 12.7. The first-order chi connectivity index (χ1) is 30.7. The number of benzene rings is 4. The van der Waals surface area contributed by atoms with Crippen molar-refractivity contribution in [3.05, 3.63) is 136 Å². The number of fused-ring (bicyclic) bond motifs is 2. The van der Waals surface area contributed by atoms with Gasteiger partial charge in [0.1, 0.15) is 29.4 Å². The highest BCUT2D eigenvalue weighted by Gasteiger charge is 2.43. The molecule has 3 heterocycles. The third-order valence-electron chi connectivity index (χ3n) is 11.7. The van der Waals surface area contributed by atoms with Gasteiger partial charge in [-0.1, -0.05) is 71.7 Å². The molecule has 4 aromatic carbocycles. The number of cyclic esters (lactones) is 1. The summed E-state index contributed by atoms with van der Waals surface area (Å²) in [5.41, 5.74) is 2.96. The Kier molecular flexibility index (Phi) is 14.6. The second-order valence-corrected chi connectivity index (χ2v) is 17.7. The number of halogens is 2. The van der Waals surface area contributed by atoms with Gasteiger partial charge in [0.05, 0.1) is 37.1 Å². The maximum absolute atomic E-state index is 14.7. The van der Waals surface area contributed by atoms with Crippen LogP contribution in [0.4, 0.5) is 4.79 Å². The zero-order valence-electron chi connectivity index (χ0n) is 36.3. The highest BCUT2D eigenvalue weighted by Crippen LogP contribution is 2.33. The molecule has 0 radical (unpaired) electrons. The summed E-state index contributed by atoms with van der Waals surface area (Å²) in [5, 5.41) is 17.2. The molecular weight excluding hydrogens is 857 g/mol. The fourth-order valence-corrected chi connectivity index (χ4v) is 8.53. The predicted octanol–water partition coefficient (Wildman–Crippen LogP) is 6.40. The van der Waals surface area contributed by atoms with Crippen molar-refractivity contribution in [2.24, 2.45) is 7.05 Å². The van der Waals surface area contributed by atoms with Crippen LogP contribution in [0, 0.1) is 0 Å². The van der Waals surface area contributed by atoms with Crippen molar-refractivity contribution in [3.8, 4) is 22.8 Å². The first-order valence-electron chi connectivity index (χ1n) is 21.2. The molecule has 336 valence electrons. The molecule has 64 heavy (non-hydrogen) atoms. The molecule has 0 spiro atoms. The Balaban J connectivity index is 1.20. The Bertz CT molecular complexity index is 2450. The third kappa shape index (κ3) is 11.0. The minimum absolute atomic E-state index is 0.0561. The highest BCUT2D eigenvalue weighted by molar-refractivity contribution is 6.31. The molecular formula is C48H53Cl2N7O7. The monoisotopic (exact) mass is 909 g/mol. The SMILES string of the molecule is C[C@H]1C(=O)NC(CO)C(=O)N[C@@]2(Cc3ccc(Cl)cc3)CCCN(C2)C(=O)[C@H](Cc2ccccc2)OC(=O)N1Cc1ccc(Cl)cc1Oc1ccc(-c2cnc(CN(C)C)n2C)cc1. The van der Waals surface area contributed by atoms with Crippen LogP contribution in [-0.4, -0.2) is 111 Å². The largest absolute Gasteiger partial charge is 0.457 e. The Morgan fingerprint density at radius 2 is 1.64 bits per heavy atom. The summed E-state index contributed by atoms with van der Waals surface area (Å²) in [6.07, 6.45) is 1.00. The van der Waals surface area contributed by atoms with Gasteiger partial charge in [0.25, 0.3) is 5.91 Å². The lowest BCUT2D eigenvalue weighted by Crippen LogP contribution is -2.66. The summed E-state index contributed by atoms with van der Waals surface area (Å²) in [4.78, 5) is 67.1. The van der Waals surface area contributed by atoms with Gasteiger partial charge in [0.15, 0.2) is 6.10 Å². The van der Waals surface area contributed by atoms with Crippen molar-refractivity contribution >= 4 is 47.0 Å². The average Bonchev–Trinajstić information content (AvgIpc) is 3.63. The number of nitrogens with zero attached hydrogens (tertiary/aromatic N) is 5. The number of hydrogen-bond acceptors (Lipinski definition) is 9. The van der Waals surface area contributed by atoms with E-state index in [-0.39, 0.29) is 19.5 Å². The van der Waals surface area contributed by atoms with Crippen molar-refractivity contribution in [1.29, 1.82) is 0 Å². The van der Waals surface area contributed by atoms with Gasteiger partial charge in [-0.3, -0.25) is 19.3 Å². The molecule has 2 saturated heterocycles. The lowest BCUT2D eigenvalue weighted by molar-refractivity contribution is -0.145. The molecule has 7 rings (SSSR count). The van der Waals surface area contributed by atoms with Crippen LogP contribution in [0.1, 0.15) is 42.3 Å². The maximum atomic E-state index is 14.7. The average molecular weight is 911 g/mol. The Morgan fingerprint density at radius 3 is 2.34 bits per heavy atom. The molecule has 3 N–H and O–H groups in total. The van der Waals surface area contributed by atoms with Crippen LogP contribution in [0.25, 0.3) is 11.3 Å². The zero-order chi connectivity index (χ0) is 45.5. The fraction of sp³-hybridized carbons (Fsp3) is 0.354. The smallest absolute Gasteiger partial charge is 0.411 e. The first kappa shape index (κ1) is 46.1. The predicted molar refractivity (Wildman–Crippen MR) is 244 cm³/mol. The van der Waals surface area contributed by atoms with Crippen LogP contribution in [0.2, 0.25) is 10.0 Å². The number of rotatable bonds is 12. The molecule has 4 atom stereocenters. The van der Waals surface area contributed by atoms with Crippen molar-refractivity contribution in [1.82, 2.24) is 34.9 Å². The van der Waals surface area contributed by atoms with E-state index >= 15 is 0 Å². The number of imidazole rings is 1. The Labute approximate surface area is 383 Å². The number of aromatic nitrogens is 2. The summed E-state index contributed by atoms with van der Waals surface area (Å²) in [6.45, 7) is 1.66. The molecule has 2 aliphatic heterocycles. The quantitative estimate of drug-likeness (QED) is 0.129. The number of carbonyl (C=O) groups excluding carboxylic acids is 4. The lowest BCUT2D eigenvalue weighted by Gasteiger charge is -2.45. The maximum Gasteiger partial charge on any atom is 0.411 e. The number of nitrogens with one attached hydrogen (secondary N) is 2. The number of carbonyl (C=O) groups is 4. The summed E-state index contributed by atoms with van der Waals surface area (Å²) in [7, 11) is 5.95. The number of hydrogen-bond donors (Lipinski definition) is 3. The Hall–Kier alpha value is -5.93. The van der Waals surface area contributed by atoms with E-state index in [1.165, 1.54) is 11.8 Å². The van der Waals surface area contributed by atoms with E-state index in [0.29, 0.717) is 59.5 Å². The topological polar surface area (TPSA) is 159 Å². The number of ether oxygens (including phenoxy) is 2. The van der Waals surface area contributed by atoms with Gasteiger partial charge in [-0.05, 0) is 99.9 Å². The standard InChI is InChI=1S/C48H53Cl2N7O7/c1-31-44(59)52-39(29-58)45(60)53-48(25-33-11-16-36(49)17-12-33)21-8-22-56(30-48)46(61)42(23-32-9-6-5-7-10-32)64-47(62)57(31)27-35-13-18-37(50)24-41(35)63-38-19-14-34(15-20-38)40-26-51-43(55(40)4)28-54(2)3/h5-7,9-20,24,26,31,39,42,58H,8,21-23,25,27-30H2,1-4H3,(H,52,59)(H,53,60)/t31-,39?,42-,48+/m0/s1. The molecule has 2 aliphatic rings. The van der Waals surface area contributed by atoms with E-state index in [4.69, 9.17) is 32.7 Å². The molecule has 4 amide bonds. The van der Waals surface area contributed by atoms with Gasteiger partial charge in [-0.15, -0.1) is 0 Å². The molecule has 1 unspecified atom stereocenters. The van der Waals surface area contributed by atoms with E-state index < -0.39 is 54.1 Å². The van der Waals surface area contributed by atoms with Crippen molar-refractivity contribution in [2.75, 3.05) is 33.8 Å². The molecule has 16 heteroatoms. The van der Waals surface area contributed by atoms with Gasteiger partial charge in [-0.25, -0.2) is 9.78 Å². The Morgan fingerprint density at radius 1 is 0.922 bits per heavy atom. The van der Waals surface area contributed by atoms with E-state index in [1.54, 1.807) is 35.2 Å². The molecule has 0 saturated carbocycles. The normalized spacial score (nSPS) is 21.0. The van der Waals surface area contributed by atoms with Crippen molar-refractivity contribution < 1.29 is 33.8 Å². The minimum Gasteiger partial charge on any atom is -0.457 e. The van der Waals surface area contributed by atoms with E-state index in [2.05, 4.69) is 15.6 Å².